The van der Waals surface area contributed by atoms with E-state index in [4.69, 9.17) is 10.5 Å². The van der Waals surface area contributed by atoms with Gasteiger partial charge in [0.25, 0.3) is 0 Å². The number of nitrogens with zero attached hydrogens (tertiary/aromatic N) is 2. The van der Waals surface area contributed by atoms with Crippen molar-refractivity contribution in [1.82, 2.24) is 10.3 Å². The maximum absolute atomic E-state index is 11.4. The molecular weight excluding hydrogens is 304 g/mol. The third-order valence-corrected chi connectivity index (χ3v) is 3.41. The smallest absolute Gasteiger partial charge is 0.310 e. The Morgan fingerprint density at radius 3 is 2.96 bits per heavy atom. The molecule has 0 unspecified atom stereocenters. The highest BCUT2D eigenvalue weighted by molar-refractivity contribution is 6.10. The Kier molecular flexibility index (Phi) is 6.45. The van der Waals surface area contributed by atoms with Crippen LogP contribution in [0.4, 0.5) is 0 Å². The number of carbonyl (C=O) groups excluding carboxylic acids is 1. The average Bonchev–Trinajstić information content (AvgIpc) is 2.61. The van der Waals surface area contributed by atoms with Crippen molar-refractivity contribution in [1.29, 1.82) is 0 Å². The van der Waals surface area contributed by atoms with E-state index in [1.165, 1.54) is 6.20 Å². The second-order valence-electron chi connectivity index (χ2n) is 5.17. The van der Waals surface area contributed by atoms with E-state index >= 15 is 0 Å². The molecule has 0 aliphatic carbocycles. The van der Waals surface area contributed by atoms with Crippen LogP contribution < -0.4 is 15.8 Å². The van der Waals surface area contributed by atoms with Crippen LogP contribution in [-0.2, 0) is 4.79 Å². The molecule has 0 radical (unpaired) electrons. The number of likely N-dealkylation sites (N-methyl/N-ethyl adjacent to an activating group) is 1. The highest BCUT2D eigenvalue weighted by atomic mass is 16.5. The fourth-order valence-corrected chi connectivity index (χ4v) is 2.09. The van der Waals surface area contributed by atoms with Crippen LogP contribution in [0.25, 0.3) is 16.5 Å². The molecule has 0 aliphatic rings. The fraction of sp³-hybridized carbons (Fsp3) is 0.278. The molecule has 24 heavy (non-hydrogen) atoms. The van der Waals surface area contributed by atoms with Gasteiger partial charge >= 0.3 is 5.97 Å². The van der Waals surface area contributed by atoms with Gasteiger partial charge in [-0.3, -0.25) is 14.8 Å². The minimum atomic E-state index is -0.266. The lowest BCUT2D eigenvalue weighted by Gasteiger charge is -2.06. The second-order valence-corrected chi connectivity index (χ2v) is 5.17. The summed E-state index contributed by atoms with van der Waals surface area (Å²) in [7, 11) is 1.88. The van der Waals surface area contributed by atoms with Crippen LogP contribution in [0.3, 0.4) is 0 Å². The first kappa shape index (κ1) is 17.6. The Hall–Kier alpha value is -2.73. The van der Waals surface area contributed by atoms with Gasteiger partial charge in [0.1, 0.15) is 5.75 Å². The SMILES string of the molecule is CCC(=O)Oc1ccc2ncc(C(C=NCCNC)=CN)cc2c1. The van der Waals surface area contributed by atoms with Crippen LogP contribution >= 0.6 is 0 Å². The lowest BCUT2D eigenvalue weighted by molar-refractivity contribution is -0.134. The van der Waals surface area contributed by atoms with Gasteiger partial charge in [-0.1, -0.05) is 6.92 Å². The number of fused-ring (bicyclic) bond motifs is 1. The first-order chi connectivity index (χ1) is 11.7. The third-order valence-electron chi connectivity index (χ3n) is 3.41. The quantitative estimate of drug-likeness (QED) is 0.352. The van der Waals surface area contributed by atoms with Gasteiger partial charge in [-0.2, -0.15) is 0 Å². The van der Waals surface area contributed by atoms with Gasteiger partial charge in [-0.15, -0.1) is 0 Å². The molecular formula is C18H22N4O2. The zero-order chi connectivity index (χ0) is 17.4. The molecule has 0 bridgehead atoms. The van der Waals surface area contributed by atoms with E-state index in [0.29, 0.717) is 18.7 Å². The summed E-state index contributed by atoms with van der Waals surface area (Å²) in [5.74, 6) is 0.243. The van der Waals surface area contributed by atoms with Gasteiger partial charge in [0.15, 0.2) is 0 Å². The maximum Gasteiger partial charge on any atom is 0.310 e. The van der Waals surface area contributed by atoms with E-state index in [2.05, 4.69) is 15.3 Å². The molecule has 2 rings (SSSR count). The van der Waals surface area contributed by atoms with Crippen LogP contribution in [0.2, 0.25) is 0 Å². The largest absolute Gasteiger partial charge is 0.427 e. The van der Waals surface area contributed by atoms with E-state index < -0.39 is 0 Å². The molecule has 0 saturated heterocycles. The van der Waals surface area contributed by atoms with Crippen molar-refractivity contribution in [2.24, 2.45) is 10.7 Å². The number of carbonyl (C=O) groups is 1. The Balaban J connectivity index is 2.27. The number of aromatic nitrogens is 1. The van der Waals surface area contributed by atoms with Crippen LogP contribution in [-0.4, -0.2) is 37.3 Å². The molecule has 6 heteroatoms. The van der Waals surface area contributed by atoms with E-state index in [1.54, 1.807) is 31.5 Å². The van der Waals surface area contributed by atoms with Crippen molar-refractivity contribution in [2.75, 3.05) is 20.1 Å². The van der Waals surface area contributed by atoms with Crippen molar-refractivity contribution in [2.45, 2.75) is 13.3 Å². The normalized spacial score (nSPS) is 12.0. The van der Waals surface area contributed by atoms with Crippen molar-refractivity contribution < 1.29 is 9.53 Å². The molecule has 126 valence electrons. The van der Waals surface area contributed by atoms with Gasteiger partial charge in [-0.05, 0) is 31.3 Å². The van der Waals surface area contributed by atoms with Crippen molar-refractivity contribution in [3.63, 3.8) is 0 Å². The number of rotatable bonds is 7. The van der Waals surface area contributed by atoms with Gasteiger partial charge in [0.2, 0.25) is 0 Å². The Morgan fingerprint density at radius 2 is 2.25 bits per heavy atom. The second kappa shape index (κ2) is 8.79. The summed E-state index contributed by atoms with van der Waals surface area (Å²) in [6, 6.07) is 7.31. The Morgan fingerprint density at radius 1 is 1.42 bits per heavy atom. The van der Waals surface area contributed by atoms with E-state index in [0.717, 1.165) is 28.6 Å². The summed E-state index contributed by atoms with van der Waals surface area (Å²) >= 11 is 0. The number of pyridine rings is 1. The molecule has 0 amide bonds. The zero-order valence-corrected chi connectivity index (χ0v) is 14.0. The number of ether oxygens (including phenoxy) is 1. The van der Waals surface area contributed by atoms with Crippen LogP contribution in [0, 0.1) is 0 Å². The van der Waals surface area contributed by atoms with E-state index in [1.807, 2.05) is 19.2 Å². The summed E-state index contributed by atoms with van der Waals surface area (Å²) < 4.78 is 5.25. The van der Waals surface area contributed by atoms with Gasteiger partial charge in [-0.25, -0.2) is 0 Å². The zero-order valence-electron chi connectivity index (χ0n) is 14.0. The molecule has 1 aromatic heterocycles. The molecule has 1 heterocycles. The molecule has 3 N–H and O–H groups in total. The molecule has 0 atom stereocenters. The summed E-state index contributed by atoms with van der Waals surface area (Å²) in [4.78, 5) is 20.2. The van der Waals surface area contributed by atoms with Gasteiger partial charge in [0.05, 0.1) is 12.1 Å². The van der Waals surface area contributed by atoms with E-state index in [-0.39, 0.29) is 5.97 Å². The standard InChI is InChI=1S/C18H22N4O2/c1-3-18(23)24-16-4-5-17-13(9-16)8-14(12-22-17)15(10-19)11-21-7-6-20-2/h4-5,8-12,20H,3,6-7,19H2,1-2H3. The first-order valence-electron chi connectivity index (χ1n) is 7.85. The summed E-state index contributed by atoms with van der Waals surface area (Å²) in [5.41, 5.74) is 8.18. The van der Waals surface area contributed by atoms with Gasteiger partial charge in [0, 0.05) is 48.1 Å². The first-order valence-corrected chi connectivity index (χ1v) is 7.85. The molecule has 0 saturated carbocycles. The minimum absolute atomic E-state index is 0.266. The van der Waals surface area contributed by atoms with E-state index in [9.17, 15) is 4.79 Å². The summed E-state index contributed by atoms with van der Waals surface area (Å²) in [6.07, 6.45) is 5.33. The topological polar surface area (TPSA) is 89.6 Å². The fourth-order valence-electron chi connectivity index (χ4n) is 2.09. The van der Waals surface area contributed by atoms with Crippen LogP contribution in [0.5, 0.6) is 5.75 Å². The molecule has 0 spiro atoms. The third kappa shape index (κ3) is 4.63. The van der Waals surface area contributed by atoms with Crippen LogP contribution in [0.15, 0.2) is 41.7 Å². The number of aliphatic imine (C=N–C) groups is 1. The number of hydrogen-bond acceptors (Lipinski definition) is 6. The number of allylic oxidation sites excluding steroid dienone is 1. The monoisotopic (exact) mass is 326 g/mol. The Bertz CT molecular complexity index is 769. The minimum Gasteiger partial charge on any atom is -0.427 e. The maximum atomic E-state index is 11.4. The lowest BCUT2D eigenvalue weighted by atomic mass is 10.1. The number of hydrogen-bond donors (Lipinski definition) is 2. The molecule has 0 aliphatic heterocycles. The lowest BCUT2D eigenvalue weighted by Crippen LogP contribution is -2.10. The predicted octanol–water partition coefficient (Wildman–Crippen LogP) is 2.14. The van der Waals surface area contributed by atoms with Gasteiger partial charge < -0.3 is 15.8 Å². The number of benzene rings is 1. The number of esters is 1. The molecule has 1 aromatic carbocycles. The summed E-state index contributed by atoms with van der Waals surface area (Å²) in [5, 5.41) is 3.90. The average molecular weight is 326 g/mol. The van der Waals surface area contributed by atoms with Crippen molar-refractivity contribution in [3.05, 3.63) is 42.2 Å². The molecule has 2 aromatic rings. The van der Waals surface area contributed by atoms with Crippen molar-refractivity contribution >= 4 is 28.7 Å². The number of nitrogens with one attached hydrogen (secondary N) is 1. The van der Waals surface area contributed by atoms with Crippen molar-refractivity contribution in [3.8, 4) is 5.75 Å². The number of nitrogens with two attached hydrogens (primary N) is 1. The summed E-state index contributed by atoms with van der Waals surface area (Å²) in [6.45, 7) is 3.23. The molecule has 0 fully saturated rings. The Labute approximate surface area is 141 Å². The highest BCUT2D eigenvalue weighted by Gasteiger charge is 2.06. The highest BCUT2D eigenvalue weighted by Crippen LogP contribution is 2.23. The predicted molar refractivity (Wildman–Crippen MR) is 97.1 cm³/mol. The molecule has 6 nitrogen and oxygen atoms in total. The van der Waals surface area contributed by atoms with Crippen LogP contribution in [0.1, 0.15) is 18.9 Å².